The predicted molar refractivity (Wildman–Crippen MR) is 115 cm³/mol. The van der Waals surface area contributed by atoms with Crippen LogP contribution < -0.4 is 4.74 Å². The van der Waals surface area contributed by atoms with Crippen molar-refractivity contribution in [1.82, 2.24) is 9.29 Å². The van der Waals surface area contributed by atoms with Gasteiger partial charge in [-0.15, -0.1) is 0 Å². The van der Waals surface area contributed by atoms with E-state index in [4.69, 9.17) is 4.74 Å². The van der Waals surface area contributed by atoms with Crippen LogP contribution in [0.3, 0.4) is 0 Å². The Bertz CT molecular complexity index is 1180. The van der Waals surface area contributed by atoms with E-state index in [9.17, 15) is 13.2 Å². The van der Waals surface area contributed by atoms with Crippen molar-refractivity contribution in [1.29, 1.82) is 0 Å². The highest BCUT2D eigenvalue weighted by Gasteiger charge is 2.33. The number of sulfonamides is 1. The van der Waals surface area contributed by atoms with E-state index >= 15 is 0 Å². The standard InChI is InChI=1S/C23H24N2O4S/c1-16-5-10-21(20-4-3-13-24-22(16)20)30(27,28)25-14-11-18(12-15-25)23(26)17-6-8-19(29-2)9-7-17/h3-10,13,18H,11-12,14-15H2,1-2H3. The zero-order chi connectivity index (χ0) is 21.3. The van der Waals surface area contributed by atoms with Crippen molar-refractivity contribution >= 4 is 26.7 Å². The summed E-state index contributed by atoms with van der Waals surface area (Å²) < 4.78 is 33.3. The van der Waals surface area contributed by atoms with Crippen molar-refractivity contribution in [2.75, 3.05) is 20.2 Å². The zero-order valence-electron chi connectivity index (χ0n) is 17.0. The van der Waals surface area contributed by atoms with Gasteiger partial charge in [0.1, 0.15) is 5.75 Å². The van der Waals surface area contributed by atoms with E-state index in [1.165, 1.54) is 4.31 Å². The first kappa shape index (κ1) is 20.5. The van der Waals surface area contributed by atoms with Gasteiger partial charge in [-0.1, -0.05) is 6.07 Å². The van der Waals surface area contributed by atoms with Crippen molar-refractivity contribution in [2.45, 2.75) is 24.7 Å². The summed E-state index contributed by atoms with van der Waals surface area (Å²) in [5.41, 5.74) is 2.27. The fourth-order valence-electron chi connectivity index (χ4n) is 4.00. The third kappa shape index (κ3) is 3.70. The second kappa shape index (κ2) is 8.16. The lowest BCUT2D eigenvalue weighted by molar-refractivity contribution is 0.0875. The van der Waals surface area contributed by atoms with Crippen LogP contribution >= 0.6 is 0 Å². The first-order valence-electron chi connectivity index (χ1n) is 9.94. The Balaban J connectivity index is 1.52. The van der Waals surface area contributed by atoms with E-state index in [1.54, 1.807) is 61.8 Å². The number of Topliss-reactive ketones (excluding diaryl/α,β-unsaturated/α-hetero) is 1. The minimum atomic E-state index is -3.66. The maximum Gasteiger partial charge on any atom is 0.243 e. The number of ether oxygens (including phenoxy) is 1. The Labute approximate surface area is 176 Å². The first-order valence-corrected chi connectivity index (χ1v) is 11.4. The van der Waals surface area contributed by atoms with Crippen LogP contribution in [0, 0.1) is 12.8 Å². The quantitative estimate of drug-likeness (QED) is 0.582. The number of rotatable bonds is 5. The van der Waals surface area contributed by atoms with Crippen LogP contribution in [0.4, 0.5) is 0 Å². The van der Waals surface area contributed by atoms with E-state index in [0.29, 0.717) is 48.1 Å². The number of hydrogen-bond donors (Lipinski definition) is 0. The van der Waals surface area contributed by atoms with Gasteiger partial charge in [-0.2, -0.15) is 4.31 Å². The molecule has 156 valence electrons. The molecule has 1 aliphatic rings. The lowest BCUT2D eigenvalue weighted by Crippen LogP contribution is -2.40. The summed E-state index contributed by atoms with van der Waals surface area (Å²) >= 11 is 0. The number of pyridine rings is 1. The van der Waals surface area contributed by atoms with E-state index in [0.717, 1.165) is 5.56 Å². The first-order chi connectivity index (χ1) is 14.4. The molecule has 0 spiro atoms. The normalized spacial score (nSPS) is 15.9. The number of piperidine rings is 1. The van der Waals surface area contributed by atoms with Crippen LogP contribution in [-0.2, 0) is 10.0 Å². The smallest absolute Gasteiger partial charge is 0.243 e. The molecule has 1 aromatic heterocycles. The Morgan fingerprint density at radius 1 is 1.07 bits per heavy atom. The zero-order valence-corrected chi connectivity index (χ0v) is 17.9. The highest BCUT2D eigenvalue weighted by Crippen LogP contribution is 2.30. The molecule has 1 aliphatic heterocycles. The van der Waals surface area contributed by atoms with Crippen LogP contribution in [0.25, 0.3) is 10.9 Å². The molecule has 1 fully saturated rings. The fourth-order valence-corrected chi connectivity index (χ4v) is 5.65. The molecule has 0 radical (unpaired) electrons. The van der Waals surface area contributed by atoms with Gasteiger partial charge in [0.25, 0.3) is 0 Å². The molecular weight excluding hydrogens is 400 g/mol. The molecule has 0 N–H and O–H groups in total. The van der Waals surface area contributed by atoms with Gasteiger partial charge in [0.15, 0.2) is 5.78 Å². The van der Waals surface area contributed by atoms with Crippen LogP contribution in [-0.4, -0.2) is 43.7 Å². The van der Waals surface area contributed by atoms with Crippen LogP contribution in [0.1, 0.15) is 28.8 Å². The molecule has 0 unspecified atom stereocenters. The van der Waals surface area contributed by atoms with Gasteiger partial charge in [-0.3, -0.25) is 9.78 Å². The topological polar surface area (TPSA) is 76.6 Å². The molecule has 6 nitrogen and oxygen atoms in total. The summed E-state index contributed by atoms with van der Waals surface area (Å²) in [7, 11) is -2.08. The van der Waals surface area contributed by atoms with Crippen molar-refractivity contribution in [3.63, 3.8) is 0 Å². The Kier molecular flexibility index (Phi) is 5.58. The van der Waals surface area contributed by atoms with Crippen molar-refractivity contribution in [3.8, 4) is 5.75 Å². The number of carbonyl (C=O) groups is 1. The van der Waals surface area contributed by atoms with Crippen molar-refractivity contribution in [3.05, 3.63) is 65.9 Å². The monoisotopic (exact) mass is 424 g/mol. The summed E-state index contributed by atoms with van der Waals surface area (Å²) in [6, 6.07) is 14.0. The largest absolute Gasteiger partial charge is 0.497 e. The van der Waals surface area contributed by atoms with E-state index in [2.05, 4.69) is 4.98 Å². The molecule has 1 saturated heterocycles. The molecule has 2 aromatic carbocycles. The molecule has 0 atom stereocenters. The van der Waals surface area contributed by atoms with Gasteiger partial charge in [0, 0.05) is 36.2 Å². The number of fused-ring (bicyclic) bond motifs is 1. The number of aromatic nitrogens is 1. The molecule has 0 saturated carbocycles. The third-order valence-corrected chi connectivity index (χ3v) is 7.71. The number of nitrogens with zero attached hydrogens (tertiary/aromatic N) is 2. The molecule has 0 aliphatic carbocycles. The number of carbonyl (C=O) groups excluding carboxylic acids is 1. The molecule has 3 aromatic rings. The molecule has 30 heavy (non-hydrogen) atoms. The Hall–Kier alpha value is -2.77. The minimum absolute atomic E-state index is 0.0553. The summed E-state index contributed by atoms with van der Waals surface area (Å²) in [6.45, 7) is 2.57. The maximum atomic E-state index is 13.3. The van der Waals surface area contributed by atoms with Gasteiger partial charge in [-0.25, -0.2) is 8.42 Å². The molecule has 2 heterocycles. The highest BCUT2D eigenvalue weighted by atomic mass is 32.2. The molecule has 0 amide bonds. The van der Waals surface area contributed by atoms with Crippen LogP contribution in [0.2, 0.25) is 0 Å². The number of benzene rings is 2. The third-order valence-electron chi connectivity index (χ3n) is 5.75. The lowest BCUT2D eigenvalue weighted by atomic mass is 9.89. The summed E-state index contributed by atoms with van der Waals surface area (Å²) in [5, 5.41) is 0.633. The lowest BCUT2D eigenvalue weighted by Gasteiger charge is -2.31. The predicted octanol–water partition coefficient (Wildman–Crippen LogP) is 3.84. The number of methoxy groups -OCH3 is 1. The van der Waals surface area contributed by atoms with Gasteiger partial charge in [0.2, 0.25) is 10.0 Å². The maximum absolute atomic E-state index is 13.3. The van der Waals surface area contributed by atoms with Gasteiger partial charge < -0.3 is 4.74 Å². The Morgan fingerprint density at radius 2 is 1.77 bits per heavy atom. The minimum Gasteiger partial charge on any atom is -0.497 e. The van der Waals surface area contributed by atoms with Gasteiger partial charge in [-0.05, 0) is 67.8 Å². The molecule has 4 rings (SSSR count). The van der Waals surface area contributed by atoms with E-state index in [1.807, 2.05) is 6.92 Å². The van der Waals surface area contributed by atoms with Crippen LogP contribution in [0.15, 0.2) is 59.6 Å². The number of hydrogen-bond acceptors (Lipinski definition) is 5. The van der Waals surface area contributed by atoms with E-state index in [-0.39, 0.29) is 16.6 Å². The average Bonchev–Trinajstić information content (AvgIpc) is 2.79. The van der Waals surface area contributed by atoms with Gasteiger partial charge >= 0.3 is 0 Å². The van der Waals surface area contributed by atoms with Crippen molar-refractivity contribution < 1.29 is 17.9 Å². The van der Waals surface area contributed by atoms with Crippen LogP contribution in [0.5, 0.6) is 5.75 Å². The molecule has 7 heteroatoms. The number of ketones is 1. The summed E-state index contributed by atoms with van der Waals surface area (Å²) in [6.07, 6.45) is 2.68. The average molecular weight is 425 g/mol. The van der Waals surface area contributed by atoms with E-state index < -0.39 is 10.0 Å². The highest BCUT2D eigenvalue weighted by molar-refractivity contribution is 7.89. The molecule has 0 bridgehead atoms. The summed E-state index contributed by atoms with van der Waals surface area (Å²) in [5.74, 6) is 0.577. The fraction of sp³-hybridized carbons (Fsp3) is 0.304. The second-order valence-corrected chi connectivity index (χ2v) is 9.46. The summed E-state index contributed by atoms with van der Waals surface area (Å²) in [4.78, 5) is 17.4. The number of aryl methyl sites for hydroxylation is 1. The molecular formula is C23H24N2O4S. The van der Waals surface area contributed by atoms with Gasteiger partial charge in [0.05, 0.1) is 17.5 Å². The Morgan fingerprint density at radius 3 is 2.43 bits per heavy atom. The second-order valence-electron chi connectivity index (χ2n) is 7.55. The van der Waals surface area contributed by atoms with Crippen molar-refractivity contribution in [2.24, 2.45) is 5.92 Å². The SMILES string of the molecule is COc1ccc(C(=O)C2CCN(S(=O)(=O)c3ccc(C)c4ncccc34)CC2)cc1.